The predicted octanol–water partition coefficient (Wildman–Crippen LogP) is -5.41. The van der Waals surface area contributed by atoms with Crippen LogP contribution in [0.2, 0.25) is 0 Å². The van der Waals surface area contributed by atoms with Gasteiger partial charge in [-0.1, -0.05) is 6.07 Å². The minimum absolute atomic E-state index is 0. The molecule has 0 aliphatic carbocycles. The first kappa shape index (κ1) is 31.0. The van der Waals surface area contributed by atoms with Gasteiger partial charge in [-0.05, 0) is 23.6 Å². The van der Waals surface area contributed by atoms with Crippen LogP contribution in [0.25, 0.3) is 10.8 Å². The van der Waals surface area contributed by atoms with Crippen LogP contribution in [0.4, 0.5) is 11.6 Å². The molecule has 3 aromatic rings. The molecule has 0 radical (unpaired) electrons. The van der Waals surface area contributed by atoms with Crippen LogP contribution >= 0.6 is 0 Å². The molecule has 0 spiro atoms. The van der Waals surface area contributed by atoms with Crippen LogP contribution in [0.1, 0.15) is 10.6 Å². The van der Waals surface area contributed by atoms with E-state index < -0.39 is 59.2 Å². The molecule has 19 heteroatoms. The van der Waals surface area contributed by atoms with Crippen molar-refractivity contribution in [2.24, 2.45) is 10.2 Å². The maximum Gasteiger partial charge on any atom is 1.00 e. The number of H-pyrrole nitrogens is 1. The van der Waals surface area contributed by atoms with Gasteiger partial charge in [0.05, 0.1) is 9.79 Å². The zero-order valence-electron chi connectivity index (χ0n) is 16.0. The van der Waals surface area contributed by atoms with E-state index in [1.165, 1.54) is 0 Å². The number of hydrogen-bond acceptors (Lipinski definition) is 12. The zero-order chi connectivity index (χ0) is 21.6. The Hall–Kier alpha value is -0.976. The molecule has 0 unspecified atom stereocenters. The average Bonchev–Trinajstić information content (AvgIpc) is 3.07. The average molecular weight is 546 g/mol. The third kappa shape index (κ3) is 6.77. The van der Waals surface area contributed by atoms with Gasteiger partial charge in [0.15, 0.2) is 5.75 Å². The number of benzene rings is 2. The zero-order valence-corrected chi connectivity index (χ0v) is 22.6. The maximum atomic E-state index is 11.4. The van der Waals surface area contributed by atoms with E-state index in [-0.39, 0.29) is 86.4 Å². The van der Waals surface area contributed by atoms with Gasteiger partial charge in [-0.2, -0.15) is 4.98 Å². The second kappa shape index (κ2) is 11.4. The van der Waals surface area contributed by atoms with Crippen molar-refractivity contribution in [3.05, 3.63) is 30.1 Å². The summed E-state index contributed by atoms with van der Waals surface area (Å²) in [6.07, 6.45) is 0. The van der Waals surface area contributed by atoms with Gasteiger partial charge in [-0.15, -0.1) is 15.3 Å². The van der Waals surface area contributed by atoms with Gasteiger partial charge in [0.2, 0.25) is 5.82 Å². The van der Waals surface area contributed by atoms with Crippen molar-refractivity contribution < 1.29 is 117 Å². The SMILES string of the molecule is O=C(O)c1nc(N=Nc2c(O)c(S(=O)(=O)[O-])cc3cc(S(=O)(=O)[O-])ccc23)n[nH]1.[Na+].[Na+].[Ni]. The summed E-state index contributed by atoms with van der Waals surface area (Å²) in [6, 6.07) is 3.38. The number of phenolic OH excluding ortho intramolecular Hbond substituents is 1. The van der Waals surface area contributed by atoms with E-state index in [0.29, 0.717) is 6.07 Å². The Morgan fingerprint density at radius 1 is 1.03 bits per heavy atom. The first-order valence-corrected chi connectivity index (χ1v) is 9.98. The molecule has 0 saturated heterocycles. The summed E-state index contributed by atoms with van der Waals surface area (Å²) in [5.74, 6) is -3.61. The van der Waals surface area contributed by atoms with Gasteiger partial charge in [-0.25, -0.2) is 21.6 Å². The number of aromatic hydroxyl groups is 1. The normalized spacial score (nSPS) is 11.4. The summed E-state index contributed by atoms with van der Waals surface area (Å²) in [4.78, 5) is 12.4. The fourth-order valence-electron chi connectivity index (χ4n) is 2.27. The molecule has 1 heterocycles. The van der Waals surface area contributed by atoms with Crippen LogP contribution in [0, 0.1) is 0 Å². The van der Waals surface area contributed by atoms with Crippen molar-refractivity contribution in [1.82, 2.24) is 15.2 Å². The van der Waals surface area contributed by atoms with Crippen LogP contribution in [0.5, 0.6) is 5.75 Å². The monoisotopic (exact) mass is 545 g/mol. The Labute approximate surface area is 233 Å². The molecule has 162 valence electrons. The van der Waals surface area contributed by atoms with Crippen molar-refractivity contribution in [3.8, 4) is 5.75 Å². The molecule has 3 N–H and O–H groups in total. The Kier molecular flexibility index (Phi) is 11.1. The molecule has 0 amide bonds. The molecule has 1 aromatic heterocycles. The van der Waals surface area contributed by atoms with Crippen LogP contribution in [-0.2, 0) is 36.7 Å². The Morgan fingerprint density at radius 2 is 1.66 bits per heavy atom. The van der Waals surface area contributed by atoms with Gasteiger partial charge >= 0.3 is 65.1 Å². The van der Waals surface area contributed by atoms with Crippen LogP contribution in [0.3, 0.4) is 0 Å². The first-order chi connectivity index (χ1) is 13.4. The predicted molar refractivity (Wildman–Crippen MR) is 89.1 cm³/mol. The number of aromatic nitrogens is 3. The molecule has 0 aliphatic heterocycles. The van der Waals surface area contributed by atoms with Crippen LogP contribution in [-0.4, -0.2) is 57.3 Å². The number of aromatic carboxylic acids is 1. The number of hydrogen-bond donors (Lipinski definition) is 3. The quantitative estimate of drug-likeness (QED) is 0.155. The number of carboxylic acids is 1. The number of carbonyl (C=O) groups is 1. The summed E-state index contributed by atoms with van der Waals surface area (Å²) in [6.45, 7) is 0. The van der Waals surface area contributed by atoms with Crippen molar-refractivity contribution in [3.63, 3.8) is 0 Å². The Bertz CT molecular complexity index is 1410. The summed E-state index contributed by atoms with van der Waals surface area (Å²) >= 11 is 0. The number of nitrogens with zero attached hydrogens (tertiary/aromatic N) is 4. The fourth-order valence-corrected chi connectivity index (χ4v) is 3.38. The van der Waals surface area contributed by atoms with Crippen molar-refractivity contribution in [1.29, 1.82) is 0 Å². The van der Waals surface area contributed by atoms with E-state index in [2.05, 4.69) is 20.3 Å². The van der Waals surface area contributed by atoms with Gasteiger partial charge < -0.3 is 19.3 Å². The number of aromatic amines is 1. The topological polar surface area (TPSA) is 238 Å². The summed E-state index contributed by atoms with van der Waals surface area (Å²) in [5.41, 5.74) is -0.576. The second-order valence-corrected chi connectivity index (χ2v) is 8.08. The summed E-state index contributed by atoms with van der Waals surface area (Å²) in [7, 11) is -10.1. The molecule has 0 saturated carbocycles. The van der Waals surface area contributed by atoms with E-state index in [9.17, 15) is 35.8 Å². The third-order valence-electron chi connectivity index (χ3n) is 3.50. The van der Waals surface area contributed by atoms with E-state index in [4.69, 9.17) is 5.11 Å². The Balaban J connectivity index is 0.00000320. The van der Waals surface area contributed by atoms with E-state index in [1.807, 2.05) is 5.10 Å². The van der Waals surface area contributed by atoms with Crippen molar-refractivity contribution in [2.45, 2.75) is 9.79 Å². The van der Waals surface area contributed by atoms with Gasteiger partial charge in [-0.3, -0.25) is 5.10 Å². The van der Waals surface area contributed by atoms with Gasteiger partial charge in [0, 0.05) is 21.9 Å². The number of fused-ring (bicyclic) bond motifs is 1. The second-order valence-electron chi connectivity index (χ2n) is 5.35. The minimum Gasteiger partial charge on any atom is -0.744 e. The molecule has 0 aliphatic rings. The van der Waals surface area contributed by atoms with Gasteiger partial charge in [0.25, 0.3) is 5.95 Å². The number of rotatable bonds is 5. The fraction of sp³-hybridized carbons (Fsp3) is 0. The summed E-state index contributed by atoms with van der Waals surface area (Å²) in [5, 5.41) is 31.1. The van der Waals surface area contributed by atoms with E-state index in [0.717, 1.165) is 18.2 Å². The molecule has 3 rings (SSSR count). The number of phenols is 1. The molecule has 14 nitrogen and oxygen atoms in total. The Morgan fingerprint density at radius 3 is 2.16 bits per heavy atom. The first-order valence-electron chi connectivity index (χ1n) is 7.17. The minimum atomic E-state index is -5.23. The molecule has 32 heavy (non-hydrogen) atoms. The van der Waals surface area contributed by atoms with Crippen molar-refractivity contribution >= 4 is 48.6 Å². The number of nitrogens with one attached hydrogen (secondary N) is 1. The molecular formula is C13H7N5Na2NiO9S2. The van der Waals surface area contributed by atoms with Crippen molar-refractivity contribution in [2.75, 3.05) is 0 Å². The molecule has 0 bridgehead atoms. The van der Waals surface area contributed by atoms with E-state index >= 15 is 0 Å². The van der Waals surface area contributed by atoms with Crippen LogP contribution < -0.4 is 59.1 Å². The van der Waals surface area contributed by atoms with Gasteiger partial charge in [0.1, 0.15) is 25.9 Å². The molecule has 0 fully saturated rings. The number of carboxylic acid groups (broad SMARTS) is 1. The largest absolute Gasteiger partial charge is 1.00 e. The standard InChI is InChI=1S/C13H9N5O9S2.2Na.Ni/c19-10-8(29(25,26)27)4-5-3-6(28(22,23)24)1-2-7(5)9(10)15-17-13-14-11(12(20)21)16-18-13;;;/h1-4,19H,(H,20,21)(H,14,16,18)(H,22,23,24)(H,25,26,27);;;/q;2*+1;/p-2. The maximum absolute atomic E-state index is 11.4. The smallest absolute Gasteiger partial charge is 0.744 e. The van der Waals surface area contributed by atoms with E-state index in [1.54, 1.807) is 0 Å². The summed E-state index contributed by atoms with van der Waals surface area (Å²) < 4.78 is 67.8. The third-order valence-corrected chi connectivity index (χ3v) is 5.18. The van der Waals surface area contributed by atoms with Crippen LogP contribution in [0.15, 0.2) is 44.3 Å². The number of azo groups is 1. The molecule has 2 aromatic carbocycles. The molecule has 0 atom stereocenters. The molecular weight excluding hydrogens is 539 g/mol.